The van der Waals surface area contributed by atoms with Gasteiger partial charge in [-0.15, -0.1) is 6.58 Å². The van der Waals surface area contributed by atoms with Crippen molar-refractivity contribution < 1.29 is 14.4 Å². The van der Waals surface area contributed by atoms with E-state index < -0.39 is 5.97 Å². The molecule has 0 aromatic heterocycles. The number of hydrogen-bond acceptors (Lipinski definition) is 4. The van der Waals surface area contributed by atoms with Gasteiger partial charge in [-0.2, -0.15) is 0 Å². The summed E-state index contributed by atoms with van der Waals surface area (Å²) in [4.78, 5) is 23.8. The van der Waals surface area contributed by atoms with Gasteiger partial charge in [0, 0.05) is 5.16 Å². The van der Waals surface area contributed by atoms with Gasteiger partial charge in [-0.05, 0) is 6.42 Å². The first kappa shape index (κ1) is 8.59. The topological polar surface area (TPSA) is 55.7 Å². The lowest BCUT2D eigenvalue weighted by Gasteiger charge is -1.89. The van der Waals surface area contributed by atoms with Crippen LogP contribution in [-0.2, 0) is 14.4 Å². The molecule has 0 saturated carbocycles. The van der Waals surface area contributed by atoms with E-state index in [1.165, 1.54) is 0 Å². The highest BCUT2D eigenvalue weighted by molar-refractivity contribution is 5.69. The summed E-state index contributed by atoms with van der Waals surface area (Å²) in [5.74, 6) is -0.553. The van der Waals surface area contributed by atoms with Crippen LogP contribution >= 0.6 is 0 Å². The van der Waals surface area contributed by atoms with E-state index >= 15 is 0 Å². The average molecular weight is 141 g/mol. The minimum Gasteiger partial charge on any atom is -0.307 e. The van der Waals surface area contributed by atoms with Crippen LogP contribution in [0.1, 0.15) is 12.8 Å². The predicted octanol–water partition coefficient (Wildman–Crippen LogP) is 0.747. The fourth-order valence-corrected chi connectivity index (χ4v) is 0.335. The Morgan fingerprint density at radius 2 is 2.50 bits per heavy atom. The molecule has 0 aliphatic heterocycles. The third-order valence-electron chi connectivity index (χ3n) is 0.737. The van der Waals surface area contributed by atoms with E-state index in [0.29, 0.717) is 6.42 Å². The number of isocyanates is 1. The molecule has 0 amide bonds. The Bertz CT molecular complexity index is 170. The van der Waals surface area contributed by atoms with E-state index in [0.717, 1.165) is 6.08 Å². The van der Waals surface area contributed by atoms with Crippen molar-refractivity contribution in [3.05, 3.63) is 12.7 Å². The zero-order valence-electron chi connectivity index (χ0n) is 5.37. The quantitative estimate of drug-likeness (QED) is 0.191. The predicted molar refractivity (Wildman–Crippen MR) is 33.6 cm³/mol. The van der Waals surface area contributed by atoms with E-state index in [1.807, 2.05) is 0 Å². The molecular formula is C6H7NO3. The number of nitrogens with zero attached hydrogens (tertiary/aromatic N) is 1. The van der Waals surface area contributed by atoms with Crippen LogP contribution in [0.15, 0.2) is 17.8 Å². The summed E-state index contributed by atoms with van der Waals surface area (Å²) in [5, 5.41) is 2.64. The normalized spacial score (nSPS) is 7.60. The molecule has 0 radical (unpaired) electrons. The summed E-state index contributed by atoms with van der Waals surface area (Å²) in [6.45, 7) is 3.40. The van der Waals surface area contributed by atoms with Crippen LogP contribution < -0.4 is 0 Å². The molecule has 0 heterocycles. The summed E-state index contributed by atoms with van der Waals surface area (Å²) in [7, 11) is 0. The van der Waals surface area contributed by atoms with Crippen LogP contribution in [0.25, 0.3) is 0 Å². The lowest BCUT2D eigenvalue weighted by Crippen LogP contribution is -1.97. The monoisotopic (exact) mass is 141 g/mol. The van der Waals surface area contributed by atoms with Gasteiger partial charge in [0.2, 0.25) is 0 Å². The molecule has 4 heteroatoms. The van der Waals surface area contributed by atoms with Gasteiger partial charge in [0.25, 0.3) is 6.08 Å². The molecule has 0 unspecified atom stereocenters. The van der Waals surface area contributed by atoms with Crippen molar-refractivity contribution in [2.45, 2.75) is 12.8 Å². The fraction of sp³-hybridized carbons (Fsp3) is 0.333. The van der Waals surface area contributed by atoms with Crippen LogP contribution in [0, 0.1) is 0 Å². The van der Waals surface area contributed by atoms with E-state index in [4.69, 9.17) is 0 Å². The molecule has 0 aromatic rings. The molecule has 0 saturated heterocycles. The standard InChI is InChI=1S/C6H7NO3/c1-2-3-4-6(9)10-7-5-8/h2H,1,3-4H2. The highest BCUT2D eigenvalue weighted by atomic mass is 16.7. The Hall–Kier alpha value is -1.41. The van der Waals surface area contributed by atoms with Crippen molar-refractivity contribution in [1.82, 2.24) is 0 Å². The average Bonchev–Trinajstić information content (AvgIpc) is 1.97. The lowest BCUT2D eigenvalue weighted by molar-refractivity contribution is -0.143. The number of carbonyl (C=O) groups excluding carboxylic acids is 2. The zero-order valence-corrected chi connectivity index (χ0v) is 5.37. The van der Waals surface area contributed by atoms with Crippen LogP contribution in [0.5, 0.6) is 0 Å². The summed E-state index contributed by atoms with van der Waals surface area (Å²) in [6, 6.07) is 0. The zero-order chi connectivity index (χ0) is 7.82. The third kappa shape index (κ3) is 4.74. The van der Waals surface area contributed by atoms with Gasteiger partial charge in [-0.1, -0.05) is 6.08 Å². The van der Waals surface area contributed by atoms with E-state index in [2.05, 4.69) is 16.6 Å². The van der Waals surface area contributed by atoms with E-state index in [9.17, 15) is 9.59 Å². The van der Waals surface area contributed by atoms with Gasteiger partial charge in [-0.3, -0.25) is 0 Å². The first-order valence-electron chi connectivity index (χ1n) is 2.69. The molecule has 0 aliphatic rings. The van der Waals surface area contributed by atoms with Crippen molar-refractivity contribution in [3.63, 3.8) is 0 Å². The Morgan fingerprint density at radius 1 is 1.80 bits per heavy atom. The number of rotatable bonds is 4. The Labute approximate surface area is 58.2 Å². The van der Waals surface area contributed by atoms with Crippen LogP contribution in [-0.4, -0.2) is 12.0 Å². The van der Waals surface area contributed by atoms with Gasteiger partial charge in [0.05, 0.1) is 6.42 Å². The smallest absolute Gasteiger partial charge is 0.307 e. The second-order valence-corrected chi connectivity index (χ2v) is 1.47. The van der Waals surface area contributed by atoms with Gasteiger partial charge in [-0.25, -0.2) is 9.59 Å². The van der Waals surface area contributed by atoms with Crippen LogP contribution in [0.3, 0.4) is 0 Å². The van der Waals surface area contributed by atoms with Gasteiger partial charge >= 0.3 is 5.97 Å². The number of carbonyl (C=O) groups is 1. The highest BCUT2D eigenvalue weighted by Gasteiger charge is 1.98. The van der Waals surface area contributed by atoms with Gasteiger partial charge < -0.3 is 4.84 Å². The maximum atomic E-state index is 10.4. The van der Waals surface area contributed by atoms with Crippen molar-refractivity contribution in [2.75, 3.05) is 0 Å². The third-order valence-corrected chi connectivity index (χ3v) is 0.737. The largest absolute Gasteiger partial charge is 0.336 e. The Kier molecular flexibility index (Phi) is 4.91. The van der Waals surface area contributed by atoms with Gasteiger partial charge in [0.1, 0.15) is 0 Å². The summed E-state index contributed by atoms with van der Waals surface area (Å²) in [5.41, 5.74) is 0. The SMILES string of the molecule is C=CCCC(=O)ON=C=O. The second kappa shape index (κ2) is 5.72. The molecule has 0 bridgehead atoms. The molecule has 0 spiro atoms. The maximum absolute atomic E-state index is 10.4. The Balaban J connectivity index is 3.43. The minimum atomic E-state index is -0.553. The summed E-state index contributed by atoms with van der Waals surface area (Å²) >= 11 is 0. The van der Waals surface area contributed by atoms with Crippen LogP contribution in [0.2, 0.25) is 0 Å². The van der Waals surface area contributed by atoms with E-state index in [-0.39, 0.29) is 6.42 Å². The second-order valence-electron chi connectivity index (χ2n) is 1.47. The number of hydrogen-bond donors (Lipinski definition) is 0. The first-order chi connectivity index (χ1) is 4.81. The number of allylic oxidation sites excluding steroid dienone is 1. The molecule has 0 N–H and O–H groups in total. The highest BCUT2D eigenvalue weighted by Crippen LogP contribution is 1.92. The molecular weight excluding hydrogens is 134 g/mol. The fourth-order valence-electron chi connectivity index (χ4n) is 0.335. The first-order valence-corrected chi connectivity index (χ1v) is 2.69. The molecule has 0 atom stereocenters. The molecule has 10 heavy (non-hydrogen) atoms. The van der Waals surface area contributed by atoms with Crippen molar-refractivity contribution >= 4 is 12.0 Å². The maximum Gasteiger partial charge on any atom is 0.336 e. The van der Waals surface area contributed by atoms with Crippen LogP contribution in [0.4, 0.5) is 0 Å². The van der Waals surface area contributed by atoms with Crippen molar-refractivity contribution in [3.8, 4) is 0 Å². The minimum absolute atomic E-state index is 0.189. The van der Waals surface area contributed by atoms with E-state index in [1.54, 1.807) is 6.08 Å². The molecule has 0 aromatic carbocycles. The molecule has 54 valence electrons. The molecule has 4 nitrogen and oxygen atoms in total. The molecule has 0 rings (SSSR count). The summed E-state index contributed by atoms with van der Waals surface area (Å²) in [6.07, 6.45) is 3.37. The van der Waals surface area contributed by atoms with Crippen molar-refractivity contribution in [2.24, 2.45) is 5.16 Å². The van der Waals surface area contributed by atoms with Gasteiger partial charge in [0.15, 0.2) is 0 Å². The summed E-state index contributed by atoms with van der Waals surface area (Å²) < 4.78 is 0. The lowest BCUT2D eigenvalue weighted by atomic mass is 10.3. The molecule has 0 fully saturated rings. The molecule has 0 aliphatic carbocycles. The Morgan fingerprint density at radius 3 is 3.00 bits per heavy atom. The van der Waals surface area contributed by atoms with Crippen molar-refractivity contribution in [1.29, 1.82) is 0 Å².